The number of para-hydroxylation sites is 2. The highest BCUT2D eigenvalue weighted by molar-refractivity contribution is 5.97. The molecule has 1 aliphatic heterocycles. The van der Waals surface area contributed by atoms with Crippen LogP contribution in [0.25, 0.3) is 0 Å². The maximum absolute atomic E-state index is 13.0. The first kappa shape index (κ1) is 18.0. The Bertz CT molecular complexity index is 826. The van der Waals surface area contributed by atoms with Crippen LogP contribution in [0.4, 0.5) is 0 Å². The first-order chi connectivity index (χ1) is 12.6. The van der Waals surface area contributed by atoms with Crippen LogP contribution in [-0.2, 0) is 0 Å². The van der Waals surface area contributed by atoms with Gasteiger partial charge in [0.05, 0.1) is 11.1 Å². The van der Waals surface area contributed by atoms with Crippen molar-refractivity contribution in [3.8, 4) is 17.6 Å². The van der Waals surface area contributed by atoms with E-state index in [9.17, 15) is 10.1 Å². The molecule has 1 heterocycles. The molecule has 1 atom stereocenters. The largest absolute Gasteiger partial charge is 0.455 e. The summed E-state index contributed by atoms with van der Waals surface area (Å²) in [7, 11) is 4.11. The van der Waals surface area contributed by atoms with Crippen molar-refractivity contribution in [3.05, 3.63) is 59.7 Å². The molecule has 1 amide bonds. The molecule has 0 unspecified atom stereocenters. The molecule has 0 N–H and O–H groups in total. The monoisotopic (exact) mass is 349 g/mol. The van der Waals surface area contributed by atoms with Gasteiger partial charge in [0.15, 0.2) is 0 Å². The Morgan fingerprint density at radius 1 is 1.19 bits per heavy atom. The molecule has 1 fully saturated rings. The molecule has 2 aromatic carbocycles. The van der Waals surface area contributed by atoms with Gasteiger partial charge in [-0.05, 0) is 50.7 Å². The second-order valence-electron chi connectivity index (χ2n) is 6.87. The first-order valence-electron chi connectivity index (χ1n) is 8.78. The molecule has 0 bridgehead atoms. The Kier molecular flexibility index (Phi) is 5.55. The Labute approximate surface area is 154 Å². The molecule has 3 rings (SSSR count). The van der Waals surface area contributed by atoms with Crippen molar-refractivity contribution in [1.29, 1.82) is 5.26 Å². The summed E-state index contributed by atoms with van der Waals surface area (Å²) in [5.74, 6) is 1.43. The second kappa shape index (κ2) is 8.03. The number of benzene rings is 2. The van der Waals surface area contributed by atoms with Gasteiger partial charge >= 0.3 is 0 Å². The fourth-order valence-electron chi connectivity index (χ4n) is 3.35. The molecule has 5 heteroatoms. The topological polar surface area (TPSA) is 56.6 Å². The summed E-state index contributed by atoms with van der Waals surface area (Å²) in [6, 6.07) is 16.4. The molecule has 0 aliphatic carbocycles. The van der Waals surface area contributed by atoms with Crippen LogP contribution in [0.2, 0.25) is 0 Å². The average molecular weight is 349 g/mol. The van der Waals surface area contributed by atoms with E-state index in [-0.39, 0.29) is 5.91 Å². The fourth-order valence-corrected chi connectivity index (χ4v) is 3.35. The van der Waals surface area contributed by atoms with E-state index in [1.54, 1.807) is 30.3 Å². The van der Waals surface area contributed by atoms with Crippen LogP contribution in [-0.4, -0.2) is 49.4 Å². The SMILES string of the molecule is CN(C)C[C@H]1CCN(C(=O)c2ccccc2Oc2ccccc2C#N)C1. The third-order valence-electron chi connectivity index (χ3n) is 4.54. The molecule has 0 aromatic heterocycles. The van der Waals surface area contributed by atoms with Gasteiger partial charge < -0.3 is 14.5 Å². The molecule has 5 nitrogen and oxygen atoms in total. The summed E-state index contributed by atoms with van der Waals surface area (Å²) in [5.41, 5.74) is 0.979. The van der Waals surface area contributed by atoms with Crippen molar-refractivity contribution in [3.63, 3.8) is 0 Å². The molecule has 0 spiro atoms. The molecular formula is C21H23N3O2. The minimum atomic E-state index is -0.0173. The highest BCUT2D eigenvalue weighted by Gasteiger charge is 2.28. The van der Waals surface area contributed by atoms with Crippen LogP contribution in [0.15, 0.2) is 48.5 Å². The van der Waals surface area contributed by atoms with Gasteiger partial charge in [-0.2, -0.15) is 5.26 Å². The van der Waals surface area contributed by atoms with E-state index in [0.29, 0.717) is 28.5 Å². The molecule has 26 heavy (non-hydrogen) atoms. The highest BCUT2D eigenvalue weighted by Crippen LogP contribution is 2.29. The zero-order valence-corrected chi connectivity index (χ0v) is 15.2. The van der Waals surface area contributed by atoms with Crippen LogP contribution < -0.4 is 4.74 Å². The molecule has 1 saturated heterocycles. The van der Waals surface area contributed by atoms with Crippen LogP contribution in [0.3, 0.4) is 0 Å². The van der Waals surface area contributed by atoms with Gasteiger partial charge in [-0.1, -0.05) is 24.3 Å². The Hall–Kier alpha value is -2.84. The van der Waals surface area contributed by atoms with Gasteiger partial charge in [-0.25, -0.2) is 0 Å². The van der Waals surface area contributed by atoms with E-state index in [4.69, 9.17) is 4.74 Å². The maximum Gasteiger partial charge on any atom is 0.257 e. The summed E-state index contributed by atoms with van der Waals surface area (Å²) in [5, 5.41) is 9.24. The number of rotatable bonds is 5. The van der Waals surface area contributed by atoms with Gasteiger partial charge in [-0.15, -0.1) is 0 Å². The van der Waals surface area contributed by atoms with E-state index in [1.165, 1.54) is 0 Å². The van der Waals surface area contributed by atoms with Gasteiger partial charge in [0, 0.05) is 19.6 Å². The number of amides is 1. The number of nitriles is 1. The lowest BCUT2D eigenvalue weighted by Crippen LogP contribution is -2.31. The van der Waals surface area contributed by atoms with Crippen molar-refractivity contribution in [2.45, 2.75) is 6.42 Å². The summed E-state index contributed by atoms with van der Waals surface area (Å²) in [6.07, 6.45) is 1.02. The van der Waals surface area contributed by atoms with Crippen molar-refractivity contribution < 1.29 is 9.53 Å². The molecule has 2 aromatic rings. The van der Waals surface area contributed by atoms with Crippen LogP contribution >= 0.6 is 0 Å². The van der Waals surface area contributed by atoms with E-state index < -0.39 is 0 Å². The van der Waals surface area contributed by atoms with E-state index in [1.807, 2.05) is 23.1 Å². The Morgan fingerprint density at radius 2 is 1.88 bits per heavy atom. The smallest absolute Gasteiger partial charge is 0.257 e. The molecule has 0 radical (unpaired) electrons. The number of ether oxygens (including phenoxy) is 1. The molecular weight excluding hydrogens is 326 g/mol. The van der Waals surface area contributed by atoms with Gasteiger partial charge in [0.1, 0.15) is 17.6 Å². The third kappa shape index (κ3) is 4.04. The van der Waals surface area contributed by atoms with E-state index >= 15 is 0 Å². The number of hydrogen-bond acceptors (Lipinski definition) is 4. The predicted octanol–water partition coefficient (Wildman–Crippen LogP) is 3.37. The quantitative estimate of drug-likeness (QED) is 0.830. The summed E-state index contributed by atoms with van der Waals surface area (Å²) < 4.78 is 5.93. The number of nitrogens with zero attached hydrogens (tertiary/aromatic N) is 3. The minimum Gasteiger partial charge on any atom is -0.455 e. The van der Waals surface area contributed by atoms with Crippen LogP contribution in [0.5, 0.6) is 11.5 Å². The van der Waals surface area contributed by atoms with E-state index in [0.717, 1.165) is 26.1 Å². The lowest BCUT2D eigenvalue weighted by Gasteiger charge is -2.20. The number of carbonyl (C=O) groups is 1. The Balaban J connectivity index is 1.79. The first-order valence-corrected chi connectivity index (χ1v) is 8.78. The molecule has 134 valence electrons. The van der Waals surface area contributed by atoms with Crippen LogP contribution in [0.1, 0.15) is 22.3 Å². The van der Waals surface area contributed by atoms with Crippen molar-refractivity contribution in [2.24, 2.45) is 5.92 Å². The maximum atomic E-state index is 13.0. The lowest BCUT2D eigenvalue weighted by molar-refractivity contribution is 0.0782. The number of hydrogen-bond donors (Lipinski definition) is 0. The minimum absolute atomic E-state index is 0.0173. The van der Waals surface area contributed by atoms with Gasteiger partial charge in [-0.3, -0.25) is 4.79 Å². The number of carbonyl (C=O) groups excluding carboxylic acids is 1. The third-order valence-corrected chi connectivity index (χ3v) is 4.54. The predicted molar refractivity (Wildman–Crippen MR) is 100 cm³/mol. The summed E-state index contributed by atoms with van der Waals surface area (Å²) >= 11 is 0. The normalized spacial score (nSPS) is 16.5. The lowest BCUT2D eigenvalue weighted by atomic mass is 10.1. The Morgan fingerprint density at radius 3 is 2.62 bits per heavy atom. The van der Waals surface area contributed by atoms with Crippen molar-refractivity contribution in [1.82, 2.24) is 9.80 Å². The van der Waals surface area contributed by atoms with E-state index in [2.05, 4.69) is 25.1 Å². The highest BCUT2D eigenvalue weighted by atomic mass is 16.5. The van der Waals surface area contributed by atoms with Crippen molar-refractivity contribution >= 4 is 5.91 Å². The standard InChI is InChI=1S/C21H23N3O2/c1-23(2)14-16-11-12-24(15-16)21(25)18-8-4-6-10-20(18)26-19-9-5-3-7-17(19)13-22/h3-10,16H,11-12,14-15H2,1-2H3/t16-/m1/s1. The molecule has 0 saturated carbocycles. The van der Waals surface area contributed by atoms with Crippen molar-refractivity contribution in [2.75, 3.05) is 33.7 Å². The average Bonchev–Trinajstić information content (AvgIpc) is 3.10. The summed E-state index contributed by atoms with van der Waals surface area (Å²) in [4.78, 5) is 17.1. The zero-order valence-electron chi connectivity index (χ0n) is 15.2. The van der Waals surface area contributed by atoms with Gasteiger partial charge in [0.25, 0.3) is 5.91 Å². The number of likely N-dealkylation sites (tertiary alicyclic amines) is 1. The van der Waals surface area contributed by atoms with Crippen LogP contribution in [0, 0.1) is 17.2 Å². The van der Waals surface area contributed by atoms with Gasteiger partial charge in [0.2, 0.25) is 0 Å². The molecule has 1 aliphatic rings. The fraction of sp³-hybridized carbons (Fsp3) is 0.333. The zero-order chi connectivity index (χ0) is 18.5. The second-order valence-corrected chi connectivity index (χ2v) is 6.87. The summed E-state index contributed by atoms with van der Waals surface area (Å²) in [6.45, 7) is 2.51.